The zero-order valence-corrected chi connectivity index (χ0v) is 29.2. The largest absolute Gasteiger partial charge is 0.494 e. The molecule has 0 fully saturated rings. The Morgan fingerprint density at radius 3 is 2.56 bits per heavy atom. The molecule has 0 bridgehead atoms. The number of hydrogen-bond donors (Lipinski definition) is 3. The summed E-state index contributed by atoms with van der Waals surface area (Å²) >= 11 is 1.61. The first-order valence-corrected chi connectivity index (χ1v) is 17.5. The van der Waals surface area contributed by atoms with Gasteiger partial charge in [-0.15, -0.1) is 0 Å². The van der Waals surface area contributed by atoms with E-state index in [1.807, 2.05) is 0 Å². The second kappa shape index (κ2) is 18.4. The van der Waals surface area contributed by atoms with Gasteiger partial charge in [0.2, 0.25) is 5.90 Å². The molecule has 0 aromatic heterocycles. The number of nitrogens with zero attached hydrogens (tertiary/aromatic N) is 4. The van der Waals surface area contributed by atoms with E-state index in [9.17, 15) is 14.0 Å². The molecular weight excluding hydrogens is 663 g/mol. The van der Waals surface area contributed by atoms with Gasteiger partial charge in [-0.3, -0.25) is 15.0 Å². The molecular formula is C36H43FN6O6S. The number of aliphatic hydroxyl groups excluding tert-OH is 1. The van der Waals surface area contributed by atoms with Crippen LogP contribution in [0.1, 0.15) is 68.4 Å². The lowest BCUT2D eigenvalue weighted by Gasteiger charge is -2.31. The number of carbonyl (C=O) groups is 2. The predicted molar refractivity (Wildman–Crippen MR) is 190 cm³/mol. The molecule has 266 valence electrons. The minimum atomic E-state index is -1.64. The van der Waals surface area contributed by atoms with Crippen LogP contribution in [0, 0.1) is 5.82 Å². The Kier molecular flexibility index (Phi) is 14.0. The van der Waals surface area contributed by atoms with Gasteiger partial charge < -0.3 is 19.3 Å². The lowest BCUT2D eigenvalue weighted by molar-refractivity contribution is -0.155. The van der Waals surface area contributed by atoms with Crippen LogP contribution in [0.5, 0.6) is 5.75 Å². The van der Waals surface area contributed by atoms with Crippen LogP contribution in [0.2, 0.25) is 0 Å². The molecule has 0 unspecified atom stereocenters. The lowest BCUT2D eigenvalue weighted by atomic mass is 9.82. The minimum absolute atomic E-state index is 0.00896. The van der Waals surface area contributed by atoms with Crippen LogP contribution in [0.15, 0.2) is 82.9 Å². The van der Waals surface area contributed by atoms with Gasteiger partial charge in [0.15, 0.2) is 11.6 Å². The molecule has 1 aliphatic rings. The van der Waals surface area contributed by atoms with E-state index >= 15 is 0 Å². The van der Waals surface area contributed by atoms with Crippen LogP contribution >= 0.6 is 11.8 Å². The highest BCUT2D eigenvalue weighted by Crippen LogP contribution is 2.44. The van der Waals surface area contributed by atoms with Crippen LogP contribution in [-0.4, -0.2) is 59.5 Å². The Morgan fingerprint density at radius 1 is 1.12 bits per heavy atom. The number of aliphatic hydroxyl groups is 1. The Bertz CT molecular complexity index is 1660. The number of amides is 1. The van der Waals surface area contributed by atoms with Gasteiger partial charge in [-0.25, -0.2) is 14.8 Å². The van der Waals surface area contributed by atoms with Crippen LogP contribution in [0.3, 0.4) is 0 Å². The van der Waals surface area contributed by atoms with E-state index in [0.29, 0.717) is 53.5 Å². The number of hydrazine groups is 1. The predicted octanol–water partition coefficient (Wildman–Crippen LogP) is 6.33. The Morgan fingerprint density at radius 2 is 1.86 bits per heavy atom. The highest BCUT2D eigenvalue weighted by Gasteiger charge is 2.54. The first-order chi connectivity index (χ1) is 24.0. The lowest BCUT2D eigenvalue weighted by Crippen LogP contribution is -2.53. The molecule has 12 nitrogen and oxygen atoms in total. The van der Waals surface area contributed by atoms with Gasteiger partial charge in [0, 0.05) is 48.0 Å². The minimum Gasteiger partial charge on any atom is -0.494 e. The van der Waals surface area contributed by atoms with Crippen molar-refractivity contribution in [3.8, 4) is 5.75 Å². The molecule has 3 aromatic carbocycles. The summed E-state index contributed by atoms with van der Waals surface area (Å²) in [6.45, 7) is 6.10. The number of aliphatic imine (C=N–C) groups is 1. The number of nitrogens with one attached hydrogen (secondary N) is 2. The zero-order valence-electron chi connectivity index (χ0n) is 28.4. The number of esters is 1. The third-order valence-corrected chi connectivity index (χ3v) is 8.59. The van der Waals surface area contributed by atoms with Gasteiger partial charge in [-0.2, -0.15) is 11.8 Å². The van der Waals surface area contributed by atoms with E-state index in [4.69, 9.17) is 29.8 Å². The van der Waals surface area contributed by atoms with Crippen molar-refractivity contribution in [2.24, 2.45) is 10.1 Å². The SMILES string of the molecule is CC(C)(C)OC(=O)CC[C@]1(C(=O)NNCCSCc2ccc(F)cc2)N=C(c2ccc(OCCCO)cc2)O[C@H]1c1ccccc1CN=[N+]=[N-]. The molecule has 3 aromatic rings. The number of rotatable bonds is 18. The van der Waals surface area contributed by atoms with Crippen LogP contribution < -0.4 is 15.6 Å². The molecule has 0 aliphatic carbocycles. The number of halogens is 1. The van der Waals surface area contributed by atoms with E-state index in [0.717, 1.165) is 5.56 Å². The first-order valence-electron chi connectivity index (χ1n) is 16.3. The average Bonchev–Trinajstić information content (AvgIpc) is 3.49. The normalized spacial score (nSPS) is 16.9. The fraction of sp³-hybridized carbons (Fsp3) is 0.417. The Labute approximate surface area is 295 Å². The van der Waals surface area contributed by atoms with E-state index < -0.39 is 29.1 Å². The van der Waals surface area contributed by atoms with E-state index in [1.54, 1.807) is 93.2 Å². The van der Waals surface area contributed by atoms with Gasteiger partial charge >= 0.3 is 5.97 Å². The number of ether oxygens (including phenoxy) is 3. The molecule has 0 saturated carbocycles. The van der Waals surface area contributed by atoms with Crippen molar-refractivity contribution in [2.75, 3.05) is 25.5 Å². The van der Waals surface area contributed by atoms with Gasteiger partial charge in [0.05, 0.1) is 13.2 Å². The number of thioether (sulfide) groups is 1. The smallest absolute Gasteiger partial charge is 0.306 e. The van der Waals surface area contributed by atoms with Crippen molar-refractivity contribution in [3.63, 3.8) is 0 Å². The maximum Gasteiger partial charge on any atom is 0.306 e. The van der Waals surface area contributed by atoms with Crippen LogP contribution in [0.4, 0.5) is 4.39 Å². The summed E-state index contributed by atoms with van der Waals surface area (Å²) in [6.07, 6.45) is -0.697. The maximum absolute atomic E-state index is 14.4. The monoisotopic (exact) mass is 706 g/mol. The highest BCUT2D eigenvalue weighted by molar-refractivity contribution is 7.98. The molecule has 0 spiro atoms. The summed E-state index contributed by atoms with van der Waals surface area (Å²) in [5.74, 6) is 0.781. The van der Waals surface area contributed by atoms with E-state index in [-0.39, 0.29) is 37.7 Å². The third-order valence-electron chi connectivity index (χ3n) is 7.56. The van der Waals surface area contributed by atoms with Crippen molar-refractivity contribution >= 4 is 29.5 Å². The number of benzene rings is 3. The maximum atomic E-state index is 14.4. The molecule has 1 amide bonds. The van der Waals surface area contributed by atoms with E-state index in [2.05, 4.69) is 20.9 Å². The topological polar surface area (TPSA) is 167 Å². The van der Waals surface area contributed by atoms with Gasteiger partial charge in [-0.05, 0) is 85.8 Å². The van der Waals surface area contributed by atoms with Gasteiger partial charge in [-0.1, -0.05) is 41.5 Å². The molecule has 1 heterocycles. The molecule has 50 heavy (non-hydrogen) atoms. The van der Waals surface area contributed by atoms with Gasteiger partial charge in [0.1, 0.15) is 17.2 Å². The van der Waals surface area contributed by atoms with Crippen LogP contribution in [0.25, 0.3) is 10.4 Å². The fourth-order valence-corrected chi connectivity index (χ4v) is 6.04. The summed E-state index contributed by atoms with van der Waals surface area (Å²) in [4.78, 5) is 35.2. The van der Waals surface area contributed by atoms with Crippen molar-refractivity contribution in [1.82, 2.24) is 10.9 Å². The van der Waals surface area contributed by atoms with Crippen molar-refractivity contribution < 1.29 is 33.3 Å². The number of azide groups is 1. The second-order valence-electron chi connectivity index (χ2n) is 12.5. The molecule has 3 N–H and O–H groups in total. The molecule has 0 saturated heterocycles. The third kappa shape index (κ3) is 10.9. The van der Waals surface area contributed by atoms with E-state index in [1.165, 1.54) is 12.1 Å². The van der Waals surface area contributed by atoms with Crippen molar-refractivity contribution in [3.05, 3.63) is 111 Å². The Hall–Kier alpha value is -4.62. The van der Waals surface area contributed by atoms with Crippen molar-refractivity contribution in [1.29, 1.82) is 0 Å². The second-order valence-corrected chi connectivity index (χ2v) is 13.6. The molecule has 1 aliphatic heterocycles. The summed E-state index contributed by atoms with van der Waals surface area (Å²) in [5.41, 5.74) is 15.3. The summed E-state index contributed by atoms with van der Waals surface area (Å²) < 4.78 is 31.0. The number of hydrogen-bond acceptors (Lipinski definition) is 10. The first kappa shape index (κ1) is 38.2. The van der Waals surface area contributed by atoms with Gasteiger partial charge in [0.25, 0.3) is 5.91 Å². The average molecular weight is 707 g/mol. The number of carbonyl (C=O) groups excluding carboxylic acids is 2. The molecule has 0 radical (unpaired) electrons. The molecule has 14 heteroatoms. The Balaban J connectivity index is 1.63. The summed E-state index contributed by atoms with van der Waals surface area (Å²) in [7, 11) is 0. The molecule has 4 rings (SSSR count). The molecule has 2 atom stereocenters. The summed E-state index contributed by atoms with van der Waals surface area (Å²) in [6, 6.07) is 20.5. The quantitative estimate of drug-likeness (QED) is 0.0345. The highest BCUT2D eigenvalue weighted by atomic mass is 32.2. The van der Waals surface area contributed by atoms with Crippen LogP contribution in [-0.2, 0) is 31.4 Å². The summed E-state index contributed by atoms with van der Waals surface area (Å²) in [5, 5.41) is 12.8. The standard InChI is InChI=1S/C36H43FN6O6S/c1-35(2,3)49-31(45)17-18-36(34(46)42-39-19-22-50-24-25-9-13-28(37)14-10-25)32(30-8-5-4-7-27(30)23-40-43-38)48-33(41-36)26-11-15-29(16-12-26)47-21-6-20-44/h4-5,7-16,32,39,44H,6,17-24H2,1-3H3,(H,42,46)/t32-,36-/m0/s1. The van der Waals surface area contributed by atoms with Crippen molar-refractivity contribution in [2.45, 2.75) is 69.6 Å². The zero-order chi connectivity index (χ0) is 36.0. The fourth-order valence-electron chi connectivity index (χ4n) is 5.22.